The van der Waals surface area contributed by atoms with Crippen LogP contribution in [0.25, 0.3) is 0 Å². The van der Waals surface area contributed by atoms with E-state index in [2.05, 4.69) is 20.8 Å². The highest BCUT2D eigenvalue weighted by atomic mass is 16.5. The summed E-state index contributed by atoms with van der Waals surface area (Å²) in [4.78, 5) is 11.0. The normalized spacial score (nSPS) is 14.4. The summed E-state index contributed by atoms with van der Waals surface area (Å²) >= 11 is 0. The molecule has 1 atom stereocenters. The van der Waals surface area contributed by atoms with Gasteiger partial charge in [-0.25, -0.2) is 0 Å². The number of carbonyl (C=O) groups is 1. The minimum Gasteiger partial charge on any atom is -0.374 e. The molecule has 0 heterocycles. The number of rotatable bonds is 4. The zero-order valence-electron chi connectivity index (χ0n) is 8.81. The first-order chi connectivity index (χ1) is 5.37. The second kappa shape index (κ2) is 4.61. The van der Waals surface area contributed by atoms with Gasteiger partial charge in [0.15, 0.2) is 5.78 Å². The number of methoxy groups -OCH3 is 1. The molecule has 0 aliphatic heterocycles. The van der Waals surface area contributed by atoms with Crippen LogP contribution < -0.4 is 0 Å². The molecule has 2 heteroatoms. The fourth-order valence-corrected chi connectivity index (χ4v) is 1.05. The first-order valence-corrected chi connectivity index (χ1v) is 4.40. The van der Waals surface area contributed by atoms with Crippen LogP contribution in [0, 0.1) is 5.41 Å². The van der Waals surface area contributed by atoms with E-state index in [9.17, 15) is 4.79 Å². The second-order valence-corrected chi connectivity index (χ2v) is 4.43. The van der Waals surface area contributed by atoms with Crippen LogP contribution in [-0.2, 0) is 9.53 Å². The minimum atomic E-state index is -0.204. The Balaban J connectivity index is 3.81. The van der Waals surface area contributed by atoms with E-state index >= 15 is 0 Å². The van der Waals surface area contributed by atoms with Crippen molar-refractivity contribution in [2.24, 2.45) is 5.41 Å². The van der Waals surface area contributed by atoms with Gasteiger partial charge < -0.3 is 4.74 Å². The summed E-state index contributed by atoms with van der Waals surface area (Å²) in [7, 11) is 1.59. The Kier molecular flexibility index (Phi) is 4.46. The molecule has 0 spiro atoms. The molecule has 0 aliphatic rings. The molecule has 1 unspecified atom stereocenters. The smallest absolute Gasteiger partial charge is 0.158 e. The molecule has 0 radical (unpaired) electrons. The van der Waals surface area contributed by atoms with E-state index < -0.39 is 0 Å². The lowest BCUT2D eigenvalue weighted by Crippen LogP contribution is -2.22. The highest BCUT2D eigenvalue weighted by molar-refractivity contribution is 5.80. The van der Waals surface area contributed by atoms with Crippen molar-refractivity contribution in [1.29, 1.82) is 0 Å². The van der Waals surface area contributed by atoms with Crippen LogP contribution in [0.5, 0.6) is 0 Å². The number of hydrogen-bond donors (Lipinski definition) is 0. The maximum absolute atomic E-state index is 11.0. The predicted octanol–water partition coefficient (Wildman–Crippen LogP) is 2.42. The summed E-state index contributed by atoms with van der Waals surface area (Å²) in [6.07, 6.45) is 1.64. The Bertz CT molecular complexity index is 144. The average Bonchev–Trinajstić information content (AvgIpc) is 1.85. The van der Waals surface area contributed by atoms with Crippen LogP contribution in [0.3, 0.4) is 0 Å². The summed E-state index contributed by atoms with van der Waals surface area (Å²) in [5.41, 5.74) is 0.284. The third kappa shape index (κ3) is 5.30. The van der Waals surface area contributed by atoms with Gasteiger partial charge in [0.1, 0.15) is 6.10 Å². The third-order valence-electron chi connectivity index (χ3n) is 1.89. The van der Waals surface area contributed by atoms with Crippen molar-refractivity contribution in [3.05, 3.63) is 0 Å². The van der Waals surface area contributed by atoms with Crippen molar-refractivity contribution in [3.63, 3.8) is 0 Å². The molecule has 0 saturated carbocycles. The van der Waals surface area contributed by atoms with Crippen LogP contribution >= 0.6 is 0 Å². The van der Waals surface area contributed by atoms with Crippen molar-refractivity contribution in [2.45, 2.75) is 46.6 Å². The lowest BCUT2D eigenvalue weighted by molar-refractivity contribution is -0.127. The van der Waals surface area contributed by atoms with Gasteiger partial charge in [0.05, 0.1) is 0 Å². The van der Waals surface area contributed by atoms with E-state index in [1.54, 1.807) is 14.0 Å². The zero-order valence-corrected chi connectivity index (χ0v) is 8.81. The quantitative estimate of drug-likeness (QED) is 0.651. The lowest BCUT2D eigenvalue weighted by atomic mass is 9.89. The van der Waals surface area contributed by atoms with Crippen molar-refractivity contribution >= 4 is 5.78 Å². The minimum absolute atomic E-state index is 0.127. The van der Waals surface area contributed by atoms with Crippen molar-refractivity contribution in [3.8, 4) is 0 Å². The number of carbonyl (C=O) groups excluding carboxylic acids is 1. The monoisotopic (exact) mass is 172 g/mol. The van der Waals surface area contributed by atoms with Gasteiger partial charge in [0.2, 0.25) is 0 Å². The van der Waals surface area contributed by atoms with E-state index in [-0.39, 0.29) is 17.3 Å². The van der Waals surface area contributed by atoms with Gasteiger partial charge in [0.25, 0.3) is 0 Å². The van der Waals surface area contributed by atoms with Crippen molar-refractivity contribution < 1.29 is 9.53 Å². The molecule has 0 rings (SSSR count). The Morgan fingerprint density at radius 1 is 1.42 bits per heavy atom. The topological polar surface area (TPSA) is 26.3 Å². The summed E-state index contributed by atoms with van der Waals surface area (Å²) in [5, 5.41) is 0. The van der Waals surface area contributed by atoms with Crippen LogP contribution in [0.15, 0.2) is 0 Å². The molecule has 2 nitrogen and oxygen atoms in total. The molecule has 12 heavy (non-hydrogen) atoms. The van der Waals surface area contributed by atoms with Crippen molar-refractivity contribution in [1.82, 2.24) is 0 Å². The maximum atomic E-state index is 11.0. The van der Waals surface area contributed by atoms with E-state index in [1.165, 1.54) is 0 Å². The van der Waals surface area contributed by atoms with E-state index in [4.69, 9.17) is 4.74 Å². The standard InChI is InChI=1S/C10H20O2/c1-8(11)9(12-5)6-7-10(2,3)4/h9H,6-7H2,1-5H3. The Morgan fingerprint density at radius 3 is 2.17 bits per heavy atom. The highest BCUT2D eigenvalue weighted by Gasteiger charge is 2.17. The van der Waals surface area contributed by atoms with Gasteiger partial charge in [-0.2, -0.15) is 0 Å². The first kappa shape index (κ1) is 11.6. The lowest BCUT2D eigenvalue weighted by Gasteiger charge is -2.20. The summed E-state index contributed by atoms with van der Waals surface area (Å²) in [5.74, 6) is 0.127. The van der Waals surface area contributed by atoms with Gasteiger partial charge in [-0.3, -0.25) is 4.79 Å². The summed E-state index contributed by atoms with van der Waals surface area (Å²) < 4.78 is 5.06. The van der Waals surface area contributed by atoms with E-state index in [1.807, 2.05) is 0 Å². The Hall–Kier alpha value is -0.370. The third-order valence-corrected chi connectivity index (χ3v) is 1.89. The number of ether oxygens (including phenoxy) is 1. The molecule has 0 aromatic carbocycles. The maximum Gasteiger partial charge on any atom is 0.158 e. The fourth-order valence-electron chi connectivity index (χ4n) is 1.05. The first-order valence-electron chi connectivity index (χ1n) is 4.40. The van der Waals surface area contributed by atoms with Gasteiger partial charge in [0, 0.05) is 7.11 Å². The molecular weight excluding hydrogens is 152 g/mol. The number of ketones is 1. The van der Waals surface area contributed by atoms with Crippen LogP contribution in [0.1, 0.15) is 40.5 Å². The van der Waals surface area contributed by atoms with Crippen LogP contribution in [0.4, 0.5) is 0 Å². The average molecular weight is 172 g/mol. The number of hydrogen-bond acceptors (Lipinski definition) is 2. The van der Waals surface area contributed by atoms with Gasteiger partial charge in [-0.05, 0) is 25.2 Å². The fraction of sp³-hybridized carbons (Fsp3) is 0.900. The molecule has 72 valence electrons. The zero-order chi connectivity index (χ0) is 9.78. The van der Waals surface area contributed by atoms with Gasteiger partial charge in [-0.15, -0.1) is 0 Å². The summed E-state index contributed by atoms with van der Waals surface area (Å²) in [6, 6.07) is 0. The second-order valence-electron chi connectivity index (χ2n) is 4.43. The molecule has 0 fully saturated rings. The van der Waals surface area contributed by atoms with Crippen LogP contribution in [-0.4, -0.2) is 19.0 Å². The summed E-state index contributed by atoms with van der Waals surface area (Å²) in [6.45, 7) is 8.08. The largest absolute Gasteiger partial charge is 0.374 e. The molecular formula is C10H20O2. The highest BCUT2D eigenvalue weighted by Crippen LogP contribution is 2.22. The van der Waals surface area contributed by atoms with E-state index in [0.29, 0.717) is 0 Å². The molecule has 0 saturated heterocycles. The van der Waals surface area contributed by atoms with Gasteiger partial charge >= 0.3 is 0 Å². The Morgan fingerprint density at radius 2 is 1.92 bits per heavy atom. The van der Waals surface area contributed by atoms with Crippen molar-refractivity contribution in [2.75, 3.05) is 7.11 Å². The van der Waals surface area contributed by atoms with Gasteiger partial charge in [-0.1, -0.05) is 20.8 Å². The van der Waals surface area contributed by atoms with Crippen LogP contribution in [0.2, 0.25) is 0 Å². The van der Waals surface area contributed by atoms with E-state index in [0.717, 1.165) is 12.8 Å². The molecule has 0 N–H and O–H groups in total. The molecule has 0 aromatic heterocycles. The molecule has 0 aliphatic carbocycles. The molecule has 0 amide bonds. The molecule has 0 bridgehead atoms. The predicted molar refractivity (Wildman–Crippen MR) is 50.2 cm³/mol. The molecule has 0 aromatic rings. The number of Topliss-reactive ketones (excluding diaryl/α,β-unsaturated/α-hetero) is 1. The SMILES string of the molecule is COC(CCC(C)(C)C)C(C)=O. The Labute approximate surface area is 75.3 Å².